The molecule has 0 nitrogen and oxygen atoms in total. The molecule has 15 heavy (non-hydrogen) atoms. The smallest absolute Gasteiger partial charge is 0.129 e. The van der Waals surface area contributed by atoms with Crippen LogP contribution in [0.25, 0.3) is 0 Å². The van der Waals surface area contributed by atoms with Crippen LogP contribution in [0.4, 0.5) is 8.78 Å². The first-order chi connectivity index (χ1) is 6.99. The van der Waals surface area contributed by atoms with Gasteiger partial charge in [-0.15, -0.1) is 11.6 Å². The normalized spacial score (nSPS) is 15.0. The van der Waals surface area contributed by atoms with Crippen molar-refractivity contribution >= 4 is 11.6 Å². The minimum absolute atomic E-state index is 0.0866. The van der Waals surface area contributed by atoms with Crippen LogP contribution in [0.1, 0.15) is 25.8 Å². The van der Waals surface area contributed by atoms with Crippen molar-refractivity contribution in [2.75, 3.05) is 0 Å². The second kappa shape index (κ2) is 5.45. The summed E-state index contributed by atoms with van der Waals surface area (Å²) in [6.45, 7) is 3.93. The zero-order valence-electron chi connectivity index (χ0n) is 8.93. The zero-order chi connectivity index (χ0) is 11.4. The highest BCUT2D eigenvalue weighted by molar-refractivity contribution is 6.20. The van der Waals surface area contributed by atoms with Gasteiger partial charge >= 0.3 is 0 Å². The Bertz CT molecular complexity index is 323. The van der Waals surface area contributed by atoms with Crippen LogP contribution < -0.4 is 0 Å². The van der Waals surface area contributed by atoms with Gasteiger partial charge in [0, 0.05) is 11.4 Å². The van der Waals surface area contributed by atoms with Crippen LogP contribution in [0, 0.1) is 17.6 Å². The van der Waals surface area contributed by atoms with E-state index in [1.165, 1.54) is 12.1 Å². The molecule has 0 bridgehead atoms. The lowest BCUT2D eigenvalue weighted by molar-refractivity contribution is 0.502. The largest absolute Gasteiger partial charge is 0.207 e. The summed E-state index contributed by atoms with van der Waals surface area (Å²) >= 11 is 5.85. The number of alkyl halides is 1. The van der Waals surface area contributed by atoms with Crippen LogP contribution in [0.2, 0.25) is 0 Å². The van der Waals surface area contributed by atoms with E-state index in [1.807, 2.05) is 13.8 Å². The van der Waals surface area contributed by atoms with Crippen LogP contribution in [-0.4, -0.2) is 5.38 Å². The SMILES string of the molecule is CC(Cl)CC(C)Cc1ccc(F)cc1F. The second-order valence-corrected chi connectivity index (χ2v) is 4.81. The lowest BCUT2D eigenvalue weighted by Crippen LogP contribution is -2.06. The predicted octanol–water partition coefficient (Wildman–Crippen LogP) is 4.16. The van der Waals surface area contributed by atoms with E-state index in [4.69, 9.17) is 11.6 Å². The van der Waals surface area contributed by atoms with E-state index in [-0.39, 0.29) is 5.38 Å². The lowest BCUT2D eigenvalue weighted by atomic mass is 9.96. The molecule has 0 aromatic heterocycles. The van der Waals surface area contributed by atoms with Crippen molar-refractivity contribution in [3.05, 3.63) is 35.4 Å². The number of hydrogen-bond acceptors (Lipinski definition) is 0. The average Bonchev–Trinajstić information content (AvgIpc) is 2.08. The molecule has 0 N–H and O–H groups in total. The van der Waals surface area contributed by atoms with Crippen LogP contribution >= 0.6 is 11.6 Å². The van der Waals surface area contributed by atoms with Gasteiger partial charge in [-0.05, 0) is 37.3 Å². The summed E-state index contributed by atoms with van der Waals surface area (Å²) in [5, 5.41) is 0.0866. The highest BCUT2D eigenvalue weighted by Gasteiger charge is 2.10. The predicted molar refractivity (Wildman–Crippen MR) is 59.2 cm³/mol. The Morgan fingerprint density at radius 3 is 2.47 bits per heavy atom. The van der Waals surface area contributed by atoms with Crippen LogP contribution in [-0.2, 0) is 6.42 Å². The molecule has 0 amide bonds. The first-order valence-electron chi connectivity index (χ1n) is 5.07. The van der Waals surface area contributed by atoms with Crippen molar-refractivity contribution < 1.29 is 8.78 Å². The van der Waals surface area contributed by atoms with E-state index in [0.717, 1.165) is 12.5 Å². The summed E-state index contributed by atoms with van der Waals surface area (Å²) in [6.07, 6.45) is 1.43. The molecule has 0 heterocycles. The minimum atomic E-state index is -0.533. The molecule has 0 aliphatic rings. The van der Waals surface area contributed by atoms with Gasteiger partial charge in [-0.2, -0.15) is 0 Å². The molecule has 2 atom stereocenters. The molecule has 3 heteroatoms. The molecule has 1 rings (SSSR count). The molecule has 0 saturated carbocycles. The zero-order valence-corrected chi connectivity index (χ0v) is 9.69. The van der Waals surface area contributed by atoms with Crippen molar-refractivity contribution in [2.45, 2.75) is 32.1 Å². The van der Waals surface area contributed by atoms with E-state index >= 15 is 0 Å². The fourth-order valence-electron chi connectivity index (χ4n) is 1.70. The maximum atomic E-state index is 13.3. The van der Waals surface area contributed by atoms with E-state index in [1.54, 1.807) is 0 Å². The van der Waals surface area contributed by atoms with Crippen molar-refractivity contribution in [3.8, 4) is 0 Å². The fraction of sp³-hybridized carbons (Fsp3) is 0.500. The number of hydrogen-bond donors (Lipinski definition) is 0. The van der Waals surface area contributed by atoms with Gasteiger partial charge in [-0.25, -0.2) is 8.78 Å². The molecule has 1 aromatic carbocycles. The average molecular weight is 233 g/mol. The quantitative estimate of drug-likeness (QED) is 0.684. The highest BCUT2D eigenvalue weighted by atomic mass is 35.5. The maximum Gasteiger partial charge on any atom is 0.129 e. The molecule has 0 radical (unpaired) electrons. The Kier molecular flexibility index (Phi) is 4.52. The Balaban J connectivity index is 2.64. The van der Waals surface area contributed by atoms with Gasteiger partial charge in [0.1, 0.15) is 11.6 Å². The minimum Gasteiger partial charge on any atom is -0.207 e. The molecule has 84 valence electrons. The Morgan fingerprint density at radius 1 is 1.27 bits per heavy atom. The summed E-state index contributed by atoms with van der Waals surface area (Å²) in [5.41, 5.74) is 0.557. The second-order valence-electron chi connectivity index (χ2n) is 4.06. The third kappa shape index (κ3) is 4.17. The van der Waals surface area contributed by atoms with E-state index in [2.05, 4.69) is 0 Å². The fourth-order valence-corrected chi connectivity index (χ4v) is 2.00. The number of rotatable bonds is 4. The summed E-state index contributed by atoms with van der Waals surface area (Å²) in [6, 6.07) is 3.71. The van der Waals surface area contributed by atoms with Gasteiger partial charge in [-0.3, -0.25) is 0 Å². The van der Waals surface area contributed by atoms with Crippen LogP contribution in [0.3, 0.4) is 0 Å². The van der Waals surface area contributed by atoms with Gasteiger partial charge in [0.2, 0.25) is 0 Å². The Labute approximate surface area is 94.3 Å². The monoisotopic (exact) mass is 232 g/mol. The molecule has 1 aromatic rings. The molecule has 0 fully saturated rings. The third-order valence-electron chi connectivity index (χ3n) is 2.31. The molecule has 0 saturated heterocycles. The third-order valence-corrected chi connectivity index (χ3v) is 2.49. The van der Waals surface area contributed by atoms with Crippen LogP contribution in [0.5, 0.6) is 0 Å². The molecular weight excluding hydrogens is 218 g/mol. The van der Waals surface area contributed by atoms with Gasteiger partial charge in [0.05, 0.1) is 0 Å². The van der Waals surface area contributed by atoms with Gasteiger partial charge in [0.25, 0.3) is 0 Å². The lowest BCUT2D eigenvalue weighted by Gasteiger charge is -2.13. The Hall–Kier alpha value is -0.630. The van der Waals surface area contributed by atoms with Gasteiger partial charge in [-0.1, -0.05) is 13.0 Å². The van der Waals surface area contributed by atoms with E-state index in [0.29, 0.717) is 17.9 Å². The number of halogens is 3. The topological polar surface area (TPSA) is 0 Å². The molecular formula is C12H15ClF2. The molecule has 0 aliphatic carbocycles. The number of benzene rings is 1. The molecule has 0 spiro atoms. The maximum absolute atomic E-state index is 13.3. The molecule has 2 unspecified atom stereocenters. The molecule has 0 aliphatic heterocycles. The summed E-state index contributed by atoms with van der Waals surface area (Å²) in [7, 11) is 0. The van der Waals surface area contributed by atoms with Crippen molar-refractivity contribution in [1.82, 2.24) is 0 Å². The van der Waals surface area contributed by atoms with Gasteiger partial charge < -0.3 is 0 Å². The summed E-state index contributed by atoms with van der Waals surface area (Å²) in [4.78, 5) is 0. The van der Waals surface area contributed by atoms with Crippen molar-refractivity contribution in [2.24, 2.45) is 5.92 Å². The van der Waals surface area contributed by atoms with Crippen molar-refractivity contribution in [3.63, 3.8) is 0 Å². The van der Waals surface area contributed by atoms with Gasteiger partial charge in [0.15, 0.2) is 0 Å². The standard InChI is InChI=1S/C12H15ClF2/c1-8(5-9(2)13)6-10-3-4-11(14)7-12(10)15/h3-4,7-9H,5-6H2,1-2H3. The van der Waals surface area contributed by atoms with E-state index < -0.39 is 11.6 Å². The van der Waals surface area contributed by atoms with E-state index in [9.17, 15) is 8.78 Å². The summed E-state index contributed by atoms with van der Waals surface area (Å²) < 4.78 is 25.9. The summed E-state index contributed by atoms with van der Waals surface area (Å²) in [5.74, 6) is -0.698. The van der Waals surface area contributed by atoms with Crippen LogP contribution in [0.15, 0.2) is 18.2 Å². The first-order valence-corrected chi connectivity index (χ1v) is 5.50. The van der Waals surface area contributed by atoms with Crippen molar-refractivity contribution in [1.29, 1.82) is 0 Å². The highest BCUT2D eigenvalue weighted by Crippen LogP contribution is 2.18. The Morgan fingerprint density at radius 2 is 1.93 bits per heavy atom. The first kappa shape index (κ1) is 12.4.